The number of pyridine rings is 1. The van der Waals surface area contributed by atoms with E-state index in [1.165, 1.54) is 5.56 Å². The molecule has 0 bridgehead atoms. The molecule has 4 aromatic rings. The Kier molecular flexibility index (Phi) is 6.38. The van der Waals surface area contributed by atoms with Crippen LogP contribution >= 0.6 is 0 Å². The number of carbonyl (C=O) groups excluding carboxylic acids is 1. The maximum atomic E-state index is 13.5. The SMILES string of the molecule is CCn1ncc(-c2cc(C(=O)Nc3cccc(CN4CCOCC4)c3)c3ccccc3n2)c1C. The molecule has 0 radical (unpaired) electrons. The molecule has 7 heteroatoms. The Hall–Kier alpha value is -3.55. The third-order valence-corrected chi connectivity index (χ3v) is 6.33. The third-order valence-electron chi connectivity index (χ3n) is 6.33. The van der Waals surface area contributed by atoms with Crippen LogP contribution in [0, 0.1) is 6.92 Å². The first kappa shape index (κ1) is 22.3. The van der Waals surface area contributed by atoms with E-state index in [0.29, 0.717) is 5.56 Å². The topological polar surface area (TPSA) is 72.3 Å². The highest BCUT2D eigenvalue weighted by atomic mass is 16.5. The molecule has 0 atom stereocenters. The number of carbonyl (C=O) groups is 1. The number of hydrogen-bond acceptors (Lipinski definition) is 5. The van der Waals surface area contributed by atoms with Crippen LogP contribution in [-0.4, -0.2) is 51.9 Å². The zero-order valence-corrected chi connectivity index (χ0v) is 19.6. The summed E-state index contributed by atoms with van der Waals surface area (Å²) in [6, 6.07) is 17.7. The monoisotopic (exact) mass is 455 g/mol. The normalized spacial score (nSPS) is 14.4. The van der Waals surface area contributed by atoms with E-state index >= 15 is 0 Å². The first-order chi connectivity index (χ1) is 16.6. The number of benzene rings is 2. The van der Waals surface area contributed by atoms with Crippen molar-refractivity contribution < 1.29 is 9.53 Å². The van der Waals surface area contributed by atoms with E-state index in [0.717, 1.165) is 72.9 Å². The summed E-state index contributed by atoms with van der Waals surface area (Å²) < 4.78 is 7.38. The van der Waals surface area contributed by atoms with Gasteiger partial charge in [-0.2, -0.15) is 5.10 Å². The zero-order chi connectivity index (χ0) is 23.5. The molecule has 0 saturated carbocycles. The minimum atomic E-state index is -0.149. The van der Waals surface area contributed by atoms with Crippen molar-refractivity contribution in [3.63, 3.8) is 0 Å². The van der Waals surface area contributed by atoms with Crippen LogP contribution in [0.15, 0.2) is 60.8 Å². The molecule has 2 aromatic carbocycles. The molecular formula is C27H29N5O2. The van der Waals surface area contributed by atoms with Gasteiger partial charge >= 0.3 is 0 Å². The van der Waals surface area contributed by atoms with Crippen LogP contribution in [0.5, 0.6) is 0 Å². The van der Waals surface area contributed by atoms with Crippen molar-refractivity contribution in [1.82, 2.24) is 19.7 Å². The van der Waals surface area contributed by atoms with Crippen molar-refractivity contribution in [2.45, 2.75) is 26.9 Å². The number of nitrogens with zero attached hydrogens (tertiary/aromatic N) is 4. The smallest absolute Gasteiger partial charge is 0.256 e. The Balaban J connectivity index is 1.45. The summed E-state index contributed by atoms with van der Waals surface area (Å²) in [7, 11) is 0. The summed E-state index contributed by atoms with van der Waals surface area (Å²) >= 11 is 0. The number of aromatic nitrogens is 3. The Morgan fingerprint density at radius 3 is 2.71 bits per heavy atom. The number of para-hydroxylation sites is 1. The number of hydrogen-bond donors (Lipinski definition) is 1. The summed E-state index contributed by atoms with van der Waals surface area (Å²) in [4.78, 5) is 20.7. The number of nitrogens with one attached hydrogen (secondary N) is 1. The van der Waals surface area contributed by atoms with Gasteiger partial charge in [0.25, 0.3) is 5.91 Å². The molecule has 174 valence electrons. The van der Waals surface area contributed by atoms with Gasteiger partial charge in [-0.05, 0) is 43.7 Å². The number of ether oxygens (including phenoxy) is 1. The molecule has 1 fully saturated rings. The zero-order valence-electron chi connectivity index (χ0n) is 19.6. The summed E-state index contributed by atoms with van der Waals surface area (Å²) in [5.74, 6) is -0.149. The molecule has 3 heterocycles. The second-order valence-corrected chi connectivity index (χ2v) is 8.57. The molecule has 0 unspecified atom stereocenters. The predicted molar refractivity (Wildman–Crippen MR) is 134 cm³/mol. The number of morpholine rings is 1. The van der Waals surface area contributed by atoms with Gasteiger partial charge in [-0.15, -0.1) is 0 Å². The number of fused-ring (bicyclic) bond motifs is 1. The van der Waals surface area contributed by atoms with Gasteiger partial charge in [0.05, 0.1) is 36.2 Å². The van der Waals surface area contributed by atoms with E-state index in [2.05, 4.69) is 28.3 Å². The molecule has 1 amide bonds. The highest BCUT2D eigenvalue weighted by Crippen LogP contribution is 2.28. The Bertz CT molecular complexity index is 1320. The number of anilines is 1. The van der Waals surface area contributed by atoms with Gasteiger partial charge in [0.1, 0.15) is 0 Å². The van der Waals surface area contributed by atoms with Crippen LogP contribution in [0.2, 0.25) is 0 Å². The summed E-state index contributed by atoms with van der Waals surface area (Å²) in [5.41, 5.74) is 6.07. The van der Waals surface area contributed by atoms with E-state index in [1.54, 1.807) is 0 Å². The standard InChI is InChI=1S/C27H29N5O2/c1-3-32-19(2)24(17-28-32)26-16-23(22-9-4-5-10-25(22)30-26)27(33)29-21-8-6-7-20(15-21)18-31-11-13-34-14-12-31/h4-10,15-17H,3,11-14,18H2,1-2H3,(H,29,33). The maximum absolute atomic E-state index is 13.5. The molecular weight excluding hydrogens is 426 g/mol. The van der Waals surface area contributed by atoms with Gasteiger partial charge in [-0.25, -0.2) is 4.98 Å². The average Bonchev–Trinajstić information content (AvgIpc) is 3.24. The van der Waals surface area contributed by atoms with E-state index < -0.39 is 0 Å². The van der Waals surface area contributed by atoms with E-state index in [9.17, 15) is 4.79 Å². The first-order valence-corrected chi connectivity index (χ1v) is 11.8. The van der Waals surface area contributed by atoms with Crippen LogP contribution in [0.4, 0.5) is 5.69 Å². The highest BCUT2D eigenvalue weighted by molar-refractivity contribution is 6.13. The first-order valence-electron chi connectivity index (χ1n) is 11.8. The van der Waals surface area contributed by atoms with Crippen molar-refractivity contribution in [2.75, 3.05) is 31.6 Å². The lowest BCUT2D eigenvalue weighted by molar-refractivity contribution is 0.0342. The Morgan fingerprint density at radius 2 is 1.91 bits per heavy atom. The Labute approximate surface area is 199 Å². The van der Waals surface area contributed by atoms with Crippen molar-refractivity contribution in [1.29, 1.82) is 0 Å². The molecule has 1 N–H and O–H groups in total. The van der Waals surface area contributed by atoms with Crippen LogP contribution in [0.25, 0.3) is 22.2 Å². The quantitative estimate of drug-likeness (QED) is 0.463. The van der Waals surface area contributed by atoms with Crippen molar-refractivity contribution >= 4 is 22.5 Å². The van der Waals surface area contributed by atoms with E-state index in [4.69, 9.17) is 9.72 Å². The lowest BCUT2D eigenvalue weighted by atomic mass is 10.0. The van der Waals surface area contributed by atoms with Crippen LogP contribution < -0.4 is 5.32 Å². The number of aryl methyl sites for hydroxylation is 1. The van der Waals surface area contributed by atoms with Gasteiger partial charge < -0.3 is 10.1 Å². The molecule has 5 rings (SSSR count). The summed E-state index contributed by atoms with van der Waals surface area (Å²) in [6.45, 7) is 9.11. The van der Waals surface area contributed by atoms with Gasteiger partial charge in [-0.1, -0.05) is 30.3 Å². The minimum Gasteiger partial charge on any atom is -0.379 e. The average molecular weight is 456 g/mol. The van der Waals surface area contributed by atoms with Crippen LogP contribution in [0.3, 0.4) is 0 Å². The van der Waals surface area contributed by atoms with Crippen LogP contribution in [-0.2, 0) is 17.8 Å². The molecule has 34 heavy (non-hydrogen) atoms. The van der Waals surface area contributed by atoms with Gasteiger partial charge in [0.2, 0.25) is 0 Å². The van der Waals surface area contributed by atoms with Gasteiger partial charge in [-0.3, -0.25) is 14.4 Å². The molecule has 7 nitrogen and oxygen atoms in total. The van der Waals surface area contributed by atoms with Gasteiger partial charge in [0.15, 0.2) is 0 Å². The number of amides is 1. The molecule has 1 aliphatic rings. The third kappa shape index (κ3) is 4.58. The molecule has 0 aliphatic carbocycles. The fourth-order valence-corrected chi connectivity index (χ4v) is 4.48. The minimum absolute atomic E-state index is 0.149. The number of rotatable bonds is 6. The van der Waals surface area contributed by atoms with Crippen molar-refractivity contribution in [3.05, 3.63) is 77.6 Å². The highest BCUT2D eigenvalue weighted by Gasteiger charge is 2.17. The molecule has 1 saturated heterocycles. The summed E-state index contributed by atoms with van der Waals surface area (Å²) in [5, 5.41) is 8.39. The van der Waals surface area contributed by atoms with Gasteiger partial charge in [0, 0.05) is 48.5 Å². The molecule has 1 aliphatic heterocycles. The van der Waals surface area contributed by atoms with Crippen molar-refractivity contribution in [3.8, 4) is 11.3 Å². The Morgan fingerprint density at radius 1 is 1.09 bits per heavy atom. The fraction of sp³-hybridized carbons (Fsp3) is 0.296. The fourth-order valence-electron chi connectivity index (χ4n) is 4.48. The molecule has 2 aromatic heterocycles. The second kappa shape index (κ2) is 9.75. The second-order valence-electron chi connectivity index (χ2n) is 8.57. The lowest BCUT2D eigenvalue weighted by Gasteiger charge is -2.26. The maximum Gasteiger partial charge on any atom is 0.256 e. The van der Waals surface area contributed by atoms with Crippen LogP contribution in [0.1, 0.15) is 28.5 Å². The van der Waals surface area contributed by atoms with E-state index in [-0.39, 0.29) is 5.91 Å². The summed E-state index contributed by atoms with van der Waals surface area (Å²) in [6.07, 6.45) is 1.83. The molecule has 0 spiro atoms. The lowest BCUT2D eigenvalue weighted by Crippen LogP contribution is -2.35. The largest absolute Gasteiger partial charge is 0.379 e. The van der Waals surface area contributed by atoms with E-state index in [1.807, 2.05) is 66.3 Å². The predicted octanol–water partition coefficient (Wildman–Crippen LogP) is 4.51. The van der Waals surface area contributed by atoms with Crippen molar-refractivity contribution in [2.24, 2.45) is 0 Å².